The zero-order valence-corrected chi connectivity index (χ0v) is 18.1. The van der Waals surface area contributed by atoms with Gasteiger partial charge in [-0.3, -0.25) is 4.79 Å². The molecule has 0 bridgehead atoms. The van der Waals surface area contributed by atoms with Crippen LogP contribution in [0.1, 0.15) is 83.1 Å². The number of pyridine rings is 2. The highest BCUT2D eigenvalue weighted by Gasteiger charge is 2.24. The van der Waals surface area contributed by atoms with Gasteiger partial charge in [-0.05, 0) is 62.1 Å². The van der Waals surface area contributed by atoms with Gasteiger partial charge in [0.25, 0.3) is 5.56 Å². The fourth-order valence-electron chi connectivity index (χ4n) is 5.46. The van der Waals surface area contributed by atoms with Crippen molar-refractivity contribution < 1.29 is 0 Å². The highest BCUT2D eigenvalue weighted by atomic mass is 16.1. The summed E-state index contributed by atoms with van der Waals surface area (Å²) in [6, 6.07) is 6.17. The van der Waals surface area contributed by atoms with Gasteiger partial charge in [-0.2, -0.15) is 0 Å². The van der Waals surface area contributed by atoms with E-state index in [0.29, 0.717) is 11.8 Å². The van der Waals surface area contributed by atoms with Crippen molar-refractivity contribution in [3.05, 3.63) is 40.3 Å². The molecule has 4 heteroatoms. The lowest BCUT2D eigenvalue weighted by Gasteiger charge is -2.36. The summed E-state index contributed by atoms with van der Waals surface area (Å²) in [7, 11) is 0. The van der Waals surface area contributed by atoms with Crippen LogP contribution in [-0.2, 0) is 6.42 Å². The first-order valence-corrected chi connectivity index (χ1v) is 12.0. The minimum absolute atomic E-state index is 0.157. The lowest BCUT2D eigenvalue weighted by atomic mass is 9.87. The van der Waals surface area contributed by atoms with E-state index < -0.39 is 0 Å². The summed E-state index contributed by atoms with van der Waals surface area (Å²) >= 11 is 0. The Labute approximate surface area is 175 Å². The molecule has 4 nitrogen and oxygen atoms in total. The Bertz CT molecular complexity index is 827. The van der Waals surface area contributed by atoms with Crippen LogP contribution in [0.25, 0.3) is 11.0 Å². The molecule has 2 aliphatic rings. The van der Waals surface area contributed by atoms with E-state index in [1.54, 1.807) is 0 Å². The van der Waals surface area contributed by atoms with E-state index in [-0.39, 0.29) is 5.56 Å². The second-order valence-corrected chi connectivity index (χ2v) is 9.33. The summed E-state index contributed by atoms with van der Waals surface area (Å²) in [5, 5.41) is 3.50. The first-order valence-electron chi connectivity index (χ1n) is 12.0. The van der Waals surface area contributed by atoms with Crippen LogP contribution in [0, 0.1) is 11.8 Å². The predicted molar refractivity (Wildman–Crippen MR) is 121 cm³/mol. The Balaban J connectivity index is 1.74. The monoisotopic (exact) mass is 395 g/mol. The van der Waals surface area contributed by atoms with E-state index in [1.807, 2.05) is 16.9 Å². The largest absolute Gasteiger partial charge is 0.308 e. The van der Waals surface area contributed by atoms with Crippen molar-refractivity contribution in [2.75, 3.05) is 18.1 Å². The summed E-state index contributed by atoms with van der Waals surface area (Å²) < 4.78 is 1.98. The summed E-state index contributed by atoms with van der Waals surface area (Å²) in [5.74, 6) is 1.40. The molecule has 2 aromatic rings. The molecule has 2 aliphatic carbocycles. The summed E-state index contributed by atoms with van der Waals surface area (Å²) in [6.45, 7) is 4.15. The number of hydrogen-bond donors (Lipinski definition) is 0. The number of fused-ring (bicyclic) bond motifs is 1. The molecule has 0 atom stereocenters. The summed E-state index contributed by atoms with van der Waals surface area (Å²) in [6.07, 6.45) is 17.0. The van der Waals surface area contributed by atoms with Crippen LogP contribution in [0.5, 0.6) is 0 Å². The maximum atomic E-state index is 13.6. The predicted octanol–water partition coefficient (Wildman–Crippen LogP) is 5.45. The summed E-state index contributed by atoms with van der Waals surface area (Å²) in [5.41, 5.74) is 1.93. The third kappa shape index (κ3) is 4.84. The molecule has 2 aromatic heterocycles. The molecule has 4 rings (SSSR count). The normalized spacial score (nSPS) is 18.9. The molecule has 0 spiro atoms. The maximum absolute atomic E-state index is 13.6. The fraction of sp³-hybridized carbons (Fsp3) is 0.680. The van der Waals surface area contributed by atoms with Crippen molar-refractivity contribution in [1.29, 1.82) is 0 Å². The van der Waals surface area contributed by atoms with Gasteiger partial charge in [0, 0.05) is 30.2 Å². The molecule has 0 saturated heterocycles. The average molecular weight is 396 g/mol. The number of rotatable bonds is 7. The minimum atomic E-state index is 0.157. The van der Waals surface area contributed by atoms with Gasteiger partial charge in [0.15, 0.2) is 5.65 Å². The molecule has 2 heterocycles. The smallest absolute Gasteiger partial charge is 0.274 e. The Morgan fingerprint density at radius 3 is 2.21 bits per heavy atom. The Kier molecular flexibility index (Phi) is 6.89. The third-order valence-corrected chi connectivity index (χ3v) is 7.00. The van der Waals surface area contributed by atoms with Crippen LogP contribution >= 0.6 is 0 Å². The van der Waals surface area contributed by atoms with Crippen molar-refractivity contribution in [2.24, 2.45) is 11.8 Å². The number of aromatic nitrogens is 2. The second kappa shape index (κ2) is 9.77. The van der Waals surface area contributed by atoms with Gasteiger partial charge in [-0.25, -0.2) is 9.66 Å². The first-order chi connectivity index (χ1) is 14.3. The lowest BCUT2D eigenvalue weighted by molar-refractivity contribution is 0.300. The van der Waals surface area contributed by atoms with Gasteiger partial charge in [0.2, 0.25) is 0 Å². The van der Waals surface area contributed by atoms with Gasteiger partial charge in [0.1, 0.15) is 0 Å². The van der Waals surface area contributed by atoms with Gasteiger partial charge in [-0.1, -0.05) is 51.9 Å². The van der Waals surface area contributed by atoms with Crippen LogP contribution in [0.4, 0.5) is 0 Å². The van der Waals surface area contributed by atoms with Crippen LogP contribution in [-0.4, -0.2) is 22.7 Å². The highest BCUT2D eigenvalue weighted by molar-refractivity contribution is 5.75. The maximum Gasteiger partial charge on any atom is 0.274 e. The van der Waals surface area contributed by atoms with Crippen LogP contribution in [0.3, 0.4) is 0 Å². The van der Waals surface area contributed by atoms with E-state index >= 15 is 0 Å². The van der Waals surface area contributed by atoms with Crippen molar-refractivity contribution in [1.82, 2.24) is 9.66 Å². The zero-order chi connectivity index (χ0) is 20.1. The van der Waals surface area contributed by atoms with E-state index in [4.69, 9.17) is 0 Å². The van der Waals surface area contributed by atoms with Gasteiger partial charge in [0.05, 0.1) is 0 Å². The topological polar surface area (TPSA) is 38.1 Å². The first kappa shape index (κ1) is 20.4. The Hall–Kier alpha value is -1.84. The van der Waals surface area contributed by atoms with Crippen LogP contribution in [0.15, 0.2) is 29.2 Å². The molecule has 2 fully saturated rings. The van der Waals surface area contributed by atoms with Crippen molar-refractivity contribution in [3.63, 3.8) is 0 Å². The highest BCUT2D eigenvalue weighted by Crippen LogP contribution is 2.28. The minimum Gasteiger partial charge on any atom is -0.308 e. The number of nitrogens with zero attached hydrogens (tertiary/aromatic N) is 3. The molecular formula is C25H37N3O. The standard InChI is InChI=1S/C25H37N3O/c1-2-10-23-17-22-15-9-16-26-24(22)28(25(23)29)27(18-20-11-5-3-6-12-20)19-21-13-7-4-8-14-21/h9,15-17,20-21H,2-8,10-14,18-19H2,1H3. The molecule has 29 heavy (non-hydrogen) atoms. The van der Waals surface area contributed by atoms with Crippen LogP contribution in [0.2, 0.25) is 0 Å². The molecule has 0 N–H and O–H groups in total. The molecule has 0 radical (unpaired) electrons. The van der Waals surface area contributed by atoms with Gasteiger partial charge >= 0.3 is 0 Å². The second-order valence-electron chi connectivity index (χ2n) is 9.33. The molecule has 0 unspecified atom stereocenters. The molecule has 0 aliphatic heterocycles. The Morgan fingerprint density at radius 2 is 1.62 bits per heavy atom. The van der Waals surface area contributed by atoms with Crippen molar-refractivity contribution in [3.8, 4) is 0 Å². The van der Waals surface area contributed by atoms with E-state index in [1.165, 1.54) is 64.2 Å². The van der Waals surface area contributed by atoms with Crippen molar-refractivity contribution in [2.45, 2.75) is 84.0 Å². The van der Waals surface area contributed by atoms with Crippen molar-refractivity contribution >= 4 is 11.0 Å². The SMILES string of the molecule is CCCc1cc2cccnc2n(N(CC2CCCCC2)CC2CCCCC2)c1=O. The van der Waals surface area contributed by atoms with Crippen LogP contribution < -0.4 is 10.6 Å². The average Bonchev–Trinajstić information content (AvgIpc) is 2.76. The lowest BCUT2D eigenvalue weighted by Crippen LogP contribution is -2.49. The number of aryl methyl sites for hydroxylation is 1. The molecule has 0 amide bonds. The quantitative estimate of drug-likeness (QED) is 0.626. The fourth-order valence-corrected chi connectivity index (χ4v) is 5.46. The van der Waals surface area contributed by atoms with Gasteiger partial charge < -0.3 is 5.01 Å². The van der Waals surface area contributed by atoms with Gasteiger partial charge in [-0.15, -0.1) is 0 Å². The molecular weight excluding hydrogens is 358 g/mol. The van der Waals surface area contributed by atoms with E-state index in [2.05, 4.69) is 29.0 Å². The summed E-state index contributed by atoms with van der Waals surface area (Å²) in [4.78, 5) is 18.3. The zero-order valence-electron chi connectivity index (χ0n) is 18.1. The molecule has 2 saturated carbocycles. The Morgan fingerprint density at radius 1 is 1.00 bits per heavy atom. The number of hydrogen-bond acceptors (Lipinski definition) is 3. The molecule has 158 valence electrons. The van der Waals surface area contributed by atoms with E-state index in [0.717, 1.165) is 42.5 Å². The third-order valence-electron chi connectivity index (χ3n) is 7.00. The molecule has 0 aromatic carbocycles. The van der Waals surface area contributed by atoms with E-state index in [9.17, 15) is 4.79 Å².